The third-order valence-electron chi connectivity index (χ3n) is 6.20. The summed E-state index contributed by atoms with van der Waals surface area (Å²) in [5, 5.41) is 0. The van der Waals surface area contributed by atoms with Gasteiger partial charge in [-0.25, -0.2) is 0 Å². The van der Waals surface area contributed by atoms with Crippen LogP contribution in [0.5, 0.6) is 5.75 Å². The average molecular weight is 364 g/mol. The van der Waals surface area contributed by atoms with Crippen LogP contribution in [0.3, 0.4) is 0 Å². The SMILES string of the molecule is c1cc(CCCCN2Cc3ccccc3C2)cc(OCC2CCCCC2)c1. The van der Waals surface area contributed by atoms with E-state index in [1.165, 1.54) is 68.2 Å². The molecule has 1 heterocycles. The van der Waals surface area contributed by atoms with Crippen LogP contribution in [0.2, 0.25) is 0 Å². The smallest absolute Gasteiger partial charge is 0.119 e. The number of nitrogens with zero attached hydrogens (tertiary/aromatic N) is 1. The molecule has 2 aromatic rings. The molecule has 0 unspecified atom stereocenters. The van der Waals surface area contributed by atoms with E-state index in [9.17, 15) is 0 Å². The average Bonchev–Trinajstić information content (AvgIpc) is 3.14. The number of hydrogen-bond acceptors (Lipinski definition) is 2. The standard InChI is InChI=1S/C25H33NO/c1-2-10-22(11-3-1)20-27-25-15-8-12-21(17-25)9-6-7-16-26-18-23-13-4-5-14-24(23)19-26/h4-5,8,12-15,17,22H,1-3,6-7,9-11,16,18-20H2. The van der Waals surface area contributed by atoms with Crippen molar-refractivity contribution in [2.75, 3.05) is 13.2 Å². The zero-order valence-electron chi connectivity index (χ0n) is 16.5. The second kappa shape index (κ2) is 9.41. The van der Waals surface area contributed by atoms with Crippen LogP contribution in [0.15, 0.2) is 48.5 Å². The lowest BCUT2D eigenvalue weighted by Crippen LogP contribution is -2.17. The van der Waals surface area contributed by atoms with E-state index >= 15 is 0 Å². The van der Waals surface area contributed by atoms with E-state index in [1.54, 1.807) is 0 Å². The Labute approximate surface area is 164 Å². The van der Waals surface area contributed by atoms with E-state index in [4.69, 9.17) is 4.74 Å². The molecule has 1 aliphatic heterocycles. The lowest BCUT2D eigenvalue weighted by molar-refractivity contribution is 0.208. The first kappa shape index (κ1) is 18.6. The first-order chi connectivity index (χ1) is 13.4. The molecule has 0 bridgehead atoms. The molecule has 0 aromatic heterocycles. The Balaban J connectivity index is 1.17. The van der Waals surface area contributed by atoms with Gasteiger partial charge >= 0.3 is 0 Å². The second-order valence-corrected chi connectivity index (χ2v) is 8.40. The highest BCUT2D eigenvalue weighted by Crippen LogP contribution is 2.25. The van der Waals surface area contributed by atoms with Gasteiger partial charge in [0.25, 0.3) is 0 Å². The first-order valence-corrected chi connectivity index (χ1v) is 10.9. The number of fused-ring (bicyclic) bond motifs is 1. The van der Waals surface area contributed by atoms with Gasteiger partial charge in [0.05, 0.1) is 6.61 Å². The summed E-state index contributed by atoms with van der Waals surface area (Å²) >= 11 is 0. The molecule has 0 amide bonds. The van der Waals surface area contributed by atoms with Gasteiger partial charge in [0.1, 0.15) is 5.75 Å². The number of benzene rings is 2. The van der Waals surface area contributed by atoms with E-state index < -0.39 is 0 Å². The highest BCUT2D eigenvalue weighted by Gasteiger charge is 2.17. The minimum Gasteiger partial charge on any atom is -0.493 e. The molecule has 1 aliphatic carbocycles. The number of rotatable bonds is 8. The molecule has 1 fully saturated rings. The van der Waals surface area contributed by atoms with E-state index in [-0.39, 0.29) is 0 Å². The minimum atomic E-state index is 0.770. The highest BCUT2D eigenvalue weighted by molar-refractivity contribution is 5.30. The fraction of sp³-hybridized carbons (Fsp3) is 0.520. The molecule has 0 saturated heterocycles. The highest BCUT2D eigenvalue weighted by atomic mass is 16.5. The van der Waals surface area contributed by atoms with Crippen LogP contribution in [0.1, 0.15) is 61.6 Å². The van der Waals surface area contributed by atoms with E-state index in [0.29, 0.717) is 0 Å². The van der Waals surface area contributed by atoms with Crippen molar-refractivity contribution in [3.8, 4) is 5.75 Å². The Morgan fingerprint density at radius 2 is 1.63 bits per heavy atom. The largest absolute Gasteiger partial charge is 0.493 e. The van der Waals surface area contributed by atoms with Crippen molar-refractivity contribution in [1.82, 2.24) is 4.90 Å². The molecule has 27 heavy (non-hydrogen) atoms. The Bertz CT molecular complexity index is 695. The number of unbranched alkanes of at least 4 members (excludes halogenated alkanes) is 1. The van der Waals surface area contributed by atoms with Crippen molar-refractivity contribution in [2.24, 2.45) is 5.92 Å². The molecular formula is C25H33NO. The van der Waals surface area contributed by atoms with Gasteiger partial charge in [-0.05, 0) is 73.4 Å². The van der Waals surface area contributed by atoms with E-state index in [1.807, 2.05) is 0 Å². The van der Waals surface area contributed by atoms with Crippen LogP contribution in [0, 0.1) is 5.92 Å². The molecule has 2 aromatic carbocycles. The summed E-state index contributed by atoms with van der Waals surface area (Å²) in [4.78, 5) is 2.58. The van der Waals surface area contributed by atoms with E-state index in [2.05, 4.69) is 53.4 Å². The molecule has 4 rings (SSSR count). The Kier molecular flexibility index (Phi) is 6.47. The molecule has 2 heteroatoms. The molecular weight excluding hydrogens is 330 g/mol. The predicted molar refractivity (Wildman–Crippen MR) is 112 cm³/mol. The van der Waals surface area contributed by atoms with Gasteiger partial charge in [-0.15, -0.1) is 0 Å². The summed E-state index contributed by atoms with van der Waals surface area (Å²) in [5.74, 6) is 1.83. The monoisotopic (exact) mass is 363 g/mol. The van der Waals surface area contributed by atoms with Gasteiger partial charge in [0.2, 0.25) is 0 Å². The van der Waals surface area contributed by atoms with E-state index in [0.717, 1.165) is 37.8 Å². The van der Waals surface area contributed by atoms with Crippen molar-refractivity contribution < 1.29 is 4.74 Å². The summed E-state index contributed by atoms with van der Waals surface area (Å²) in [6.45, 7) is 4.35. The van der Waals surface area contributed by atoms with Crippen molar-refractivity contribution in [1.29, 1.82) is 0 Å². The number of hydrogen-bond donors (Lipinski definition) is 0. The lowest BCUT2D eigenvalue weighted by atomic mass is 9.90. The maximum atomic E-state index is 6.10. The molecule has 144 valence electrons. The second-order valence-electron chi connectivity index (χ2n) is 8.40. The van der Waals surface area contributed by atoms with Crippen LogP contribution in [-0.4, -0.2) is 18.1 Å². The Morgan fingerprint density at radius 3 is 2.41 bits per heavy atom. The molecule has 0 atom stereocenters. The van der Waals surface area contributed by atoms with Crippen molar-refractivity contribution in [2.45, 2.75) is 64.5 Å². The summed E-state index contributed by atoms with van der Waals surface area (Å²) in [6, 6.07) is 17.6. The normalized spacial score (nSPS) is 17.8. The Hall–Kier alpha value is -1.80. The fourth-order valence-electron chi connectivity index (χ4n) is 4.59. The van der Waals surface area contributed by atoms with Crippen molar-refractivity contribution in [3.05, 3.63) is 65.2 Å². The topological polar surface area (TPSA) is 12.5 Å². The maximum Gasteiger partial charge on any atom is 0.119 e. The van der Waals surface area contributed by atoms with Crippen molar-refractivity contribution in [3.63, 3.8) is 0 Å². The summed E-state index contributed by atoms with van der Waals surface area (Å²) < 4.78 is 6.10. The van der Waals surface area contributed by atoms with Gasteiger partial charge < -0.3 is 4.74 Å². The molecule has 0 spiro atoms. The molecule has 1 saturated carbocycles. The van der Waals surface area contributed by atoms with Crippen LogP contribution in [-0.2, 0) is 19.5 Å². The summed E-state index contributed by atoms with van der Waals surface area (Å²) in [5.41, 5.74) is 4.45. The predicted octanol–water partition coefficient (Wildman–Crippen LogP) is 5.98. The number of aryl methyl sites for hydroxylation is 1. The number of ether oxygens (including phenoxy) is 1. The maximum absolute atomic E-state index is 6.10. The Morgan fingerprint density at radius 1 is 0.852 bits per heavy atom. The first-order valence-electron chi connectivity index (χ1n) is 10.9. The summed E-state index contributed by atoms with van der Waals surface area (Å²) in [7, 11) is 0. The van der Waals surface area contributed by atoms with Gasteiger partial charge in [-0.2, -0.15) is 0 Å². The van der Waals surface area contributed by atoms with Crippen LogP contribution in [0.25, 0.3) is 0 Å². The van der Waals surface area contributed by atoms with Crippen LogP contribution < -0.4 is 4.74 Å². The van der Waals surface area contributed by atoms with Crippen molar-refractivity contribution >= 4 is 0 Å². The van der Waals surface area contributed by atoms with Gasteiger partial charge in [-0.1, -0.05) is 55.7 Å². The molecule has 0 radical (unpaired) electrons. The van der Waals surface area contributed by atoms with Crippen LogP contribution in [0.4, 0.5) is 0 Å². The third kappa shape index (κ3) is 5.35. The quantitative estimate of drug-likeness (QED) is 0.535. The molecule has 2 nitrogen and oxygen atoms in total. The zero-order chi connectivity index (χ0) is 18.3. The molecule has 0 N–H and O–H groups in total. The third-order valence-corrected chi connectivity index (χ3v) is 6.20. The minimum absolute atomic E-state index is 0.770. The fourth-order valence-corrected chi connectivity index (χ4v) is 4.59. The lowest BCUT2D eigenvalue weighted by Gasteiger charge is -2.21. The zero-order valence-corrected chi connectivity index (χ0v) is 16.5. The van der Waals surface area contributed by atoms with Gasteiger partial charge in [0, 0.05) is 13.1 Å². The van der Waals surface area contributed by atoms with Gasteiger partial charge in [0.15, 0.2) is 0 Å². The van der Waals surface area contributed by atoms with Gasteiger partial charge in [-0.3, -0.25) is 4.90 Å². The summed E-state index contributed by atoms with van der Waals surface area (Å²) in [6.07, 6.45) is 10.5. The molecule has 2 aliphatic rings. The van der Waals surface area contributed by atoms with Crippen LogP contribution >= 0.6 is 0 Å².